The smallest absolute Gasteiger partial charge is 0.261 e. The standard InChI is InChI=1S/C19H15N5O2/c25-18(11-24-12-20-17-7-2-1-6-15(17)19(24)26)22-14-5-3-4-13(10-14)16-8-9-21-23-16/h1-10,12H,11H2,(H,21,23)(H,22,25). The van der Waals surface area contributed by atoms with E-state index in [0.29, 0.717) is 16.6 Å². The van der Waals surface area contributed by atoms with Gasteiger partial charge < -0.3 is 5.32 Å². The summed E-state index contributed by atoms with van der Waals surface area (Å²) in [5.74, 6) is -0.300. The second-order valence-corrected chi connectivity index (χ2v) is 5.79. The molecule has 0 spiro atoms. The van der Waals surface area contributed by atoms with E-state index in [-0.39, 0.29) is 18.0 Å². The van der Waals surface area contributed by atoms with E-state index in [2.05, 4.69) is 20.5 Å². The Balaban J connectivity index is 1.54. The van der Waals surface area contributed by atoms with Gasteiger partial charge in [-0.25, -0.2) is 4.98 Å². The molecule has 2 N–H and O–H groups in total. The van der Waals surface area contributed by atoms with Crippen molar-refractivity contribution in [2.75, 3.05) is 5.32 Å². The fourth-order valence-corrected chi connectivity index (χ4v) is 2.76. The summed E-state index contributed by atoms with van der Waals surface area (Å²) in [6.45, 7) is -0.106. The minimum absolute atomic E-state index is 0.106. The highest BCUT2D eigenvalue weighted by Gasteiger charge is 2.09. The summed E-state index contributed by atoms with van der Waals surface area (Å²) in [4.78, 5) is 29.0. The molecule has 0 aliphatic rings. The number of fused-ring (bicyclic) bond motifs is 1. The van der Waals surface area contributed by atoms with Gasteiger partial charge in [-0.05, 0) is 30.3 Å². The molecule has 4 rings (SSSR count). The average molecular weight is 345 g/mol. The fourth-order valence-electron chi connectivity index (χ4n) is 2.76. The van der Waals surface area contributed by atoms with E-state index in [4.69, 9.17) is 0 Å². The summed E-state index contributed by atoms with van der Waals surface area (Å²) in [5.41, 5.74) is 2.78. The van der Waals surface area contributed by atoms with E-state index in [1.165, 1.54) is 10.9 Å². The van der Waals surface area contributed by atoms with E-state index in [0.717, 1.165) is 11.3 Å². The number of anilines is 1. The Bertz CT molecular complexity index is 1130. The zero-order valence-electron chi connectivity index (χ0n) is 13.7. The highest BCUT2D eigenvalue weighted by molar-refractivity contribution is 5.91. The SMILES string of the molecule is O=C(Cn1cnc2ccccc2c1=O)Nc1cccc(-c2ccn[nH]2)c1. The van der Waals surface area contributed by atoms with Crippen LogP contribution in [-0.4, -0.2) is 25.7 Å². The predicted octanol–water partition coefficient (Wildman–Crippen LogP) is 2.43. The molecule has 4 aromatic rings. The maximum atomic E-state index is 12.5. The van der Waals surface area contributed by atoms with Crippen molar-refractivity contribution >= 4 is 22.5 Å². The Labute approximate surface area is 148 Å². The van der Waals surface area contributed by atoms with Crippen molar-refractivity contribution in [3.05, 3.63) is 77.5 Å². The van der Waals surface area contributed by atoms with Crippen LogP contribution in [0, 0.1) is 0 Å². The first-order chi connectivity index (χ1) is 12.7. The van der Waals surface area contributed by atoms with Crippen molar-refractivity contribution in [3.8, 4) is 11.3 Å². The molecular formula is C19H15N5O2. The van der Waals surface area contributed by atoms with Crippen LogP contribution in [0.3, 0.4) is 0 Å². The number of carbonyl (C=O) groups excluding carboxylic acids is 1. The highest BCUT2D eigenvalue weighted by atomic mass is 16.2. The first kappa shape index (κ1) is 15.8. The Morgan fingerprint density at radius 1 is 1.12 bits per heavy atom. The number of benzene rings is 2. The Morgan fingerprint density at radius 3 is 2.85 bits per heavy atom. The molecule has 2 aromatic heterocycles. The molecule has 7 nitrogen and oxygen atoms in total. The summed E-state index contributed by atoms with van der Waals surface area (Å²) in [6, 6.07) is 16.3. The molecule has 0 unspecified atom stereocenters. The van der Waals surface area contributed by atoms with E-state index < -0.39 is 0 Å². The van der Waals surface area contributed by atoms with Crippen molar-refractivity contribution in [2.45, 2.75) is 6.54 Å². The van der Waals surface area contributed by atoms with E-state index >= 15 is 0 Å². The van der Waals surface area contributed by atoms with E-state index in [1.54, 1.807) is 30.5 Å². The molecule has 7 heteroatoms. The van der Waals surface area contributed by atoms with Crippen LogP contribution >= 0.6 is 0 Å². The second-order valence-electron chi connectivity index (χ2n) is 5.79. The zero-order valence-corrected chi connectivity index (χ0v) is 13.7. The molecule has 2 heterocycles. The third-order valence-electron chi connectivity index (χ3n) is 4.00. The quantitative estimate of drug-likeness (QED) is 0.594. The van der Waals surface area contributed by atoms with Gasteiger partial charge in [0.25, 0.3) is 5.56 Å². The lowest BCUT2D eigenvalue weighted by molar-refractivity contribution is -0.116. The van der Waals surface area contributed by atoms with Crippen LogP contribution in [-0.2, 0) is 11.3 Å². The van der Waals surface area contributed by atoms with Crippen LogP contribution in [0.1, 0.15) is 0 Å². The Kier molecular flexibility index (Phi) is 4.03. The van der Waals surface area contributed by atoms with Gasteiger partial charge in [0.15, 0.2) is 0 Å². The fraction of sp³-hybridized carbons (Fsp3) is 0.0526. The zero-order chi connectivity index (χ0) is 17.9. The largest absolute Gasteiger partial charge is 0.325 e. The lowest BCUT2D eigenvalue weighted by Crippen LogP contribution is -2.27. The third-order valence-corrected chi connectivity index (χ3v) is 4.00. The molecule has 0 atom stereocenters. The normalized spacial score (nSPS) is 10.8. The number of para-hydroxylation sites is 1. The number of carbonyl (C=O) groups is 1. The van der Waals surface area contributed by atoms with Crippen LogP contribution in [0.15, 0.2) is 71.9 Å². The van der Waals surface area contributed by atoms with Crippen LogP contribution in [0.25, 0.3) is 22.2 Å². The van der Waals surface area contributed by atoms with Gasteiger partial charge in [0.1, 0.15) is 6.54 Å². The molecule has 0 saturated carbocycles. The molecule has 1 amide bonds. The van der Waals surface area contributed by atoms with Gasteiger partial charge in [-0.2, -0.15) is 5.10 Å². The number of rotatable bonds is 4. The van der Waals surface area contributed by atoms with Crippen molar-refractivity contribution in [3.63, 3.8) is 0 Å². The number of hydrogen-bond acceptors (Lipinski definition) is 4. The number of nitrogens with one attached hydrogen (secondary N) is 2. The minimum Gasteiger partial charge on any atom is -0.325 e. The molecule has 0 saturated heterocycles. The summed E-state index contributed by atoms with van der Waals surface area (Å²) in [6.07, 6.45) is 3.06. The van der Waals surface area contributed by atoms with Gasteiger partial charge in [0.2, 0.25) is 5.91 Å². The summed E-state index contributed by atoms with van der Waals surface area (Å²) in [7, 11) is 0. The predicted molar refractivity (Wildman–Crippen MR) is 98.7 cm³/mol. The van der Waals surface area contributed by atoms with Crippen LogP contribution in [0.5, 0.6) is 0 Å². The van der Waals surface area contributed by atoms with Crippen molar-refractivity contribution in [1.29, 1.82) is 0 Å². The molecule has 2 aromatic carbocycles. The molecule has 0 fully saturated rings. The van der Waals surface area contributed by atoms with Crippen molar-refractivity contribution in [2.24, 2.45) is 0 Å². The number of aromatic amines is 1. The lowest BCUT2D eigenvalue weighted by atomic mass is 10.1. The van der Waals surface area contributed by atoms with Gasteiger partial charge in [-0.15, -0.1) is 0 Å². The first-order valence-electron chi connectivity index (χ1n) is 8.04. The number of hydrogen-bond donors (Lipinski definition) is 2. The number of nitrogens with zero attached hydrogens (tertiary/aromatic N) is 3. The van der Waals surface area contributed by atoms with Crippen molar-refractivity contribution in [1.82, 2.24) is 19.7 Å². The van der Waals surface area contributed by atoms with Gasteiger partial charge in [0.05, 0.1) is 22.9 Å². The molecule has 26 heavy (non-hydrogen) atoms. The topological polar surface area (TPSA) is 92.7 Å². The van der Waals surface area contributed by atoms with E-state index in [1.807, 2.05) is 30.3 Å². The molecule has 0 radical (unpaired) electrons. The first-order valence-corrected chi connectivity index (χ1v) is 8.04. The maximum absolute atomic E-state index is 12.5. The highest BCUT2D eigenvalue weighted by Crippen LogP contribution is 2.20. The average Bonchev–Trinajstić information content (AvgIpc) is 3.19. The molecular weight excluding hydrogens is 330 g/mol. The lowest BCUT2D eigenvalue weighted by Gasteiger charge is -2.09. The molecule has 0 bridgehead atoms. The van der Waals surface area contributed by atoms with E-state index in [9.17, 15) is 9.59 Å². The molecule has 128 valence electrons. The van der Waals surface area contributed by atoms with Crippen molar-refractivity contribution < 1.29 is 4.79 Å². The Morgan fingerprint density at radius 2 is 2.00 bits per heavy atom. The monoisotopic (exact) mass is 345 g/mol. The number of H-pyrrole nitrogens is 1. The summed E-state index contributed by atoms with van der Waals surface area (Å²) < 4.78 is 1.30. The summed E-state index contributed by atoms with van der Waals surface area (Å²) in [5, 5.41) is 10.1. The Hall–Kier alpha value is -3.74. The number of amides is 1. The van der Waals surface area contributed by atoms with Gasteiger partial charge in [0, 0.05) is 17.4 Å². The van der Waals surface area contributed by atoms with Gasteiger partial charge in [-0.3, -0.25) is 19.3 Å². The second kappa shape index (κ2) is 6.64. The van der Waals surface area contributed by atoms with Gasteiger partial charge >= 0.3 is 0 Å². The van der Waals surface area contributed by atoms with Gasteiger partial charge in [-0.1, -0.05) is 24.3 Å². The third kappa shape index (κ3) is 3.10. The minimum atomic E-state index is -0.300. The van der Waals surface area contributed by atoms with Crippen LogP contribution in [0.2, 0.25) is 0 Å². The number of aromatic nitrogens is 4. The summed E-state index contributed by atoms with van der Waals surface area (Å²) >= 11 is 0. The van der Waals surface area contributed by atoms with Crippen LogP contribution < -0.4 is 10.9 Å². The molecule has 0 aliphatic heterocycles. The maximum Gasteiger partial charge on any atom is 0.261 e. The molecule has 0 aliphatic carbocycles. The van der Waals surface area contributed by atoms with Crippen LogP contribution in [0.4, 0.5) is 5.69 Å².